The minimum Gasteiger partial charge on any atom is -0.489 e. The summed E-state index contributed by atoms with van der Waals surface area (Å²) < 4.78 is 6.62. The van der Waals surface area contributed by atoms with E-state index in [1.54, 1.807) is 0 Å². The number of hydrogen-bond acceptors (Lipinski definition) is 3. The largest absolute Gasteiger partial charge is 0.489 e. The summed E-state index contributed by atoms with van der Waals surface area (Å²) in [6.07, 6.45) is 2.43. The first-order chi connectivity index (χ1) is 13.3. The third-order valence-electron chi connectivity index (χ3n) is 4.30. The van der Waals surface area contributed by atoms with Gasteiger partial charge in [0.15, 0.2) is 0 Å². The van der Waals surface area contributed by atoms with E-state index in [2.05, 4.69) is 80.6 Å². The maximum Gasteiger partial charge on any atom is 0.120 e. The zero-order chi connectivity index (χ0) is 18.9. The highest BCUT2D eigenvalue weighted by molar-refractivity contribution is 8.16. The van der Waals surface area contributed by atoms with Crippen LogP contribution in [0.15, 0.2) is 66.7 Å². The van der Waals surface area contributed by atoms with Gasteiger partial charge in [0.1, 0.15) is 12.4 Å². The Kier molecular flexibility index (Phi) is 7.97. The summed E-state index contributed by atoms with van der Waals surface area (Å²) in [7, 11) is 0. The van der Waals surface area contributed by atoms with Crippen LogP contribution in [0.5, 0.6) is 5.75 Å². The zero-order valence-electron chi connectivity index (χ0n) is 16.2. The summed E-state index contributed by atoms with van der Waals surface area (Å²) in [6, 6.07) is 23.6. The van der Waals surface area contributed by atoms with Gasteiger partial charge in [-0.25, -0.2) is 0 Å². The molecule has 0 radical (unpaired) electrons. The first-order valence-corrected chi connectivity index (χ1v) is 11.8. The van der Waals surface area contributed by atoms with E-state index in [1.807, 2.05) is 23.5 Å². The molecule has 3 rings (SSSR count). The van der Waals surface area contributed by atoms with Crippen molar-refractivity contribution in [3.63, 3.8) is 0 Å². The van der Waals surface area contributed by atoms with Crippen LogP contribution >= 0.6 is 23.5 Å². The molecule has 0 aliphatic heterocycles. The van der Waals surface area contributed by atoms with E-state index < -0.39 is 0 Å². The Bertz CT molecular complexity index is 838. The van der Waals surface area contributed by atoms with Crippen molar-refractivity contribution >= 4 is 34.3 Å². The average Bonchev–Trinajstić information content (AvgIpc) is 2.72. The molecule has 1 nitrogen and oxygen atoms in total. The van der Waals surface area contributed by atoms with E-state index in [-0.39, 0.29) is 0 Å². The Morgan fingerprint density at radius 3 is 2.26 bits per heavy atom. The Labute approximate surface area is 171 Å². The lowest BCUT2D eigenvalue weighted by Gasteiger charge is -2.17. The van der Waals surface area contributed by atoms with Crippen LogP contribution in [0.4, 0.5) is 0 Å². The molecule has 0 saturated carbocycles. The highest BCUT2D eigenvalue weighted by Gasteiger charge is 2.13. The lowest BCUT2D eigenvalue weighted by molar-refractivity contribution is 0.306. The van der Waals surface area contributed by atoms with Crippen LogP contribution in [-0.4, -0.2) is 11.5 Å². The van der Waals surface area contributed by atoms with E-state index in [4.69, 9.17) is 4.74 Å². The molecule has 142 valence electrons. The van der Waals surface area contributed by atoms with Crippen LogP contribution in [0.3, 0.4) is 0 Å². The average molecular weight is 397 g/mol. The van der Waals surface area contributed by atoms with Gasteiger partial charge < -0.3 is 4.74 Å². The molecule has 0 spiro atoms. The van der Waals surface area contributed by atoms with Gasteiger partial charge in [-0.3, -0.25) is 0 Å². The van der Waals surface area contributed by atoms with Crippen molar-refractivity contribution in [2.45, 2.75) is 37.9 Å². The van der Waals surface area contributed by atoms with Crippen molar-refractivity contribution in [3.05, 3.63) is 77.9 Å². The number of benzene rings is 3. The molecule has 3 aromatic rings. The summed E-state index contributed by atoms with van der Waals surface area (Å²) in [5.41, 5.74) is 2.57. The van der Waals surface area contributed by atoms with Gasteiger partial charge in [-0.05, 0) is 64.4 Å². The standard InChI is InChI=1S/C24H28OS2/c1-3-14-26-24(27-15-4-2)22-10-7-11-23(17-22)25-18-19-12-13-20-8-5-6-9-21(20)16-19/h5-13,16-17,24H,3-4,14-15,18H2,1-2H3. The molecule has 0 fully saturated rings. The lowest BCUT2D eigenvalue weighted by Crippen LogP contribution is -1.98. The quantitative estimate of drug-likeness (QED) is 0.325. The first kappa shape index (κ1) is 20.2. The molecule has 0 saturated heterocycles. The van der Waals surface area contributed by atoms with Gasteiger partial charge in [0.2, 0.25) is 0 Å². The van der Waals surface area contributed by atoms with E-state index in [0.29, 0.717) is 11.2 Å². The van der Waals surface area contributed by atoms with Gasteiger partial charge >= 0.3 is 0 Å². The normalized spacial score (nSPS) is 11.2. The Hall–Kier alpha value is -1.58. The summed E-state index contributed by atoms with van der Waals surface area (Å²) in [5, 5.41) is 2.53. The predicted octanol–water partition coefficient (Wildman–Crippen LogP) is 7.70. The molecule has 0 atom stereocenters. The van der Waals surface area contributed by atoms with Crippen LogP contribution in [0.1, 0.15) is 42.4 Å². The second kappa shape index (κ2) is 10.7. The van der Waals surface area contributed by atoms with Crippen molar-refractivity contribution < 1.29 is 4.74 Å². The Balaban J connectivity index is 1.68. The number of thioether (sulfide) groups is 2. The van der Waals surface area contributed by atoms with Gasteiger partial charge in [-0.2, -0.15) is 0 Å². The molecular formula is C24H28OS2. The third-order valence-corrected chi connectivity index (χ3v) is 7.55. The topological polar surface area (TPSA) is 9.23 Å². The Morgan fingerprint density at radius 2 is 1.52 bits per heavy atom. The van der Waals surface area contributed by atoms with Crippen molar-refractivity contribution in [3.8, 4) is 5.75 Å². The monoisotopic (exact) mass is 396 g/mol. The fourth-order valence-electron chi connectivity index (χ4n) is 2.94. The minimum atomic E-state index is 0.495. The van der Waals surface area contributed by atoms with Crippen LogP contribution < -0.4 is 4.74 Å². The molecule has 0 aliphatic carbocycles. The highest BCUT2D eigenvalue weighted by Crippen LogP contribution is 2.41. The molecule has 0 N–H and O–H groups in total. The summed E-state index contributed by atoms with van der Waals surface area (Å²) in [5.74, 6) is 3.35. The minimum absolute atomic E-state index is 0.495. The SMILES string of the molecule is CCCSC(SCCC)c1cccc(OCc2ccc3ccccc3c2)c1. The summed E-state index contributed by atoms with van der Waals surface area (Å²) in [4.78, 5) is 0. The molecule has 27 heavy (non-hydrogen) atoms. The lowest BCUT2D eigenvalue weighted by atomic mass is 10.1. The predicted molar refractivity (Wildman–Crippen MR) is 123 cm³/mol. The van der Waals surface area contributed by atoms with Gasteiger partial charge in [-0.15, -0.1) is 23.5 Å². The summed E-state index contributed by atoms with van der Waals surface area (Å²) in [6.45, 7) is 5.10. The molecule has 0 aliphatic rings. The van der Waals surface area contributed by atoms with Crippen molar-refractivity contribution in [1.29, 1.82) is 0 Å². The van der Waals surface area contributed by atoms with Gasteiger partial charge in [0, 0.05) is 0 Å². The number of fused-ring (bicyclic) bond motifs is 1. The second-order valence-electron chi connectivity index (χ2n) is 6.62. The van der Waals surface area contributed by atoms with Crippen LogP contribution in [0.25, 0.3) is 10.8 Å². The van der Waals surface area contributed by atoms with Gasteiger partial charge in [0.25, 0.3) is 0 Å². The van der Waals surface area contributed by atoms with Crippen LogP contribution in [-0.2, 0) is 6.61 Å². The molecule has 0 heterocycles. The first-order valence-electron chi connectivity index (χ1n) is 9.73. The molecule has 0 amide bonds. The smallest absolute Gasteiger partial charge is 0.120 e. The van der Waals surface area contributed by atoms with Gasteiger partial charge in [-0.1, -0.05) is 62.4 Å². The van der Waals surface area contributed by atoms with E-state index in [1.165, 1.54) is 46.2 Å². The fourth-order valence-corrected chi connectivity index (χ4v) is 5.48. The van der Waals surface area contributed by atoms with Crippen molar-refractivity contribution in [2.24, 2.45) is 0 Å². The van der Waals surface area contributed by atoms with Crippen LogP contribution in [0, 0.1) is 0 Å². The summed E-state index contributed by atoms with van der Waals surface area (Å²) >= 11 is 4.09. The fraction of sp³-hybridized carbons (Fsp3) is 0.333. The van der Waals surface area contributed by atoms with Crippen LogP contribution in [0.2, 0.25) is 0 Å². The van der Waals surface area contributed by atoms with E-state index in [0.717, 1.165) is 5.75 Å². The molecule has 0 aromatic heterocycles. The zero-order valence-corrected chi connectivity index (χ0v) is 17.8. The van der Waals surface area contributed by atoms with Crippen molar-refractivity contribution in [2.75, 3.05) is 11.5 Å². The van der Waals surface area contributed by atoms with Gasteiger partial charge in [0.05, 0.1) is 4.58 Å². The molecule has 0 unspecified atom stereocenters. The molecule has 0 bridgehead atoms. The Morgan fingerprint density at radius 1 is 0.778 bits per heavy atom. The molecule has 3 heteroatoms. The van der Waals surface area contributed by atoms with Crippen molar-refractivity contribution in [1.82, 2.24) is 0 Å². The van der Waals surface area contributed by atoms with E-state index >= 15 is 0 Å². The highest BCUT2D eigenvalue weighted by atomic mass is 32.2. The maximum atomic E-state index is 6.12. The number of ether oxygens (including phenoxy) is 1. The third kappa shape index (κ3) is 5.95. The number of rotatable bonds is 10. The molecule has 3 aromatic carbocycles. The second-order valence-corrected chi connectivity index (χ2v) is 9.34. The maximum absolute atomic E-state index is 6.12. The molecular weight excluding hydrogens is 368 g/mol. The number of hydrogen-bond donors (Lipinski definition) is 0. The van der Waals surface area contributed by atoms with E-state index in [9.17, 15) is 0 Å².